The summed E-state index contributed by atoms with van der Waals surface area (Å²) in [5, 5.41) is 0. The average molecular weight is 542 g/mol. The molecule has 228 valence electrons. The largest absolute Gasteiger partial charge is 0.371 e. The van der Waals surface area contributed by atoms with Gasteiger partial charge in [-0.05, 0) is 55.7 Å². The van der Waals surface area contributed by atoms with Crippen LogP contribution < -0.4 is 4.90 Å². The Kier molecular flexibility index (Phi) is 25.1. The number of benzene rings is 1. The second-order valence-corrected chi connectivity index (χ2v) is 12.5. The monoisotopic (exact) mass is 542 g/mol. The van der Waals surface area contributed by atoms with Gasteiger partial charge in [0.15, 0.2) is 0 Å². The molecule has 0 atom stereocenters. The molecule has 0 radical (unpaired) electrons. The molecule has 39 heavy (non-hydrogen) atoms. The molecule has 1 aromatic carbocycles. The van der Waals surface area contributed by atoms with E-state index in [-0.39, 0.29) is 0 Å². The number of aryl methyl sites for hydroxylation is 1. The Morgan fingerprint density at radius 1 is 0.410 bits per heavy atom. The minimum absolute atomic E-state index is 1.26. The SMILES string of the molecule is CCCCCCCCc1cccc(N(CCCCCCCC)CCCCCCCC)c1CCCCCCCC. The van der Waals surface area contributed by atoms with Crippen molar-refractivity contribution in [2.24, 2.45) is 0 Å². The lowest BCUT2D eigenvalue weighted by atomic mass is 9.94. The summed E-state index contributed by atoms with van der Waals surface area (Å²) in [4.78, 5) is 2.83. The van der Waals surface area contributed by atoms with Gasteiger partial charge in [0.25, 0.3) is 0 Å². The van der Waals surface area contributed by atoms with E-state index >= 15 is 0 Å². The molecule has 0 unspecified atom stereocenters. The van der Waals surface area contributed by atoms with Crippen molar-refractivity contribution in [1.82, 2.24) is 0 Å². The zero-order valence-corrected chi connectivity index (χ0v) is 27.5. The fourth-order valence-corrected chi connectivity index (χ4v) is 6.14. The molecule has 1 aromatic rings. The Bertz CT molecular complexity index is 620. The highest BCUT2D eigenvalue weighted by Crippen LogP contribution is 2.29. The Labute approximate surface area is 247 Å². The topological polar surface area (TPSA) is 3.24 Å². The first kappa shape index (κ1) is 36.0. The summed E-state index contributed by atoms with van der Waals surface area (Å²) in [6.07, 6.45) is 36.0. The van der Waals surface area contributed by atoms with Gasteiger partial charge in [-0.1, -0.05) is 168 Å². The van der Waals surface area contributed by atoms with Gasteiger partial charge < -0.3 is 4.90 Å². The molecular formula is C38H71N. The van der Waals surface area contributed by atoms with Gasteiger partial charge in [-0.3, -0.25) is 0 Å². The highest BCUT2D eigenvalue weighted by atomic mass is 15.1. The lowest BCUT2D eigenvalue weighted by Gasteiger charge is -2.29. The van der Waals surface area contributed by atoms with Crippen molar-refractivity contribution >= 4 is 5.69 Å². The summed E-state index contributed by atoms with van der Waals surface area (Å²) in [5.41, 5.74) is 5.00. The molecule has 0 aromatic heterocycles. The lowest BCUT2D eigenvalue weighted by molar-refractivity contribution is 0.572. The van der Waals surface area contributed by atoms with Crippen LogP contribution in [0.2, 0.25) is 0 Å². The Morgan fingerprint density at radius 3 is 1.26 bits per heavy atom. The zero-order chi connectivity index (χ0) is 28.2. The molecule has 0 amide bonds. The molecule has 0 aliphatic rings. The van der Waals surface area contributed by atoms with Crippen molar-refractivity contribution in [3.05, 3.63) is 29.3 Å². The highest BCUT2D eigenvalue weighted by Gasteiger charge is 2.15. The smallest absolute Gasteiger partial charge is 0.0401 e. The number of hydrogen-bond acceptors (Lipinski definition) is 1. The van der Waals surface area contributed by atoms with E-state index in [1.165, 1.54) is 180 Å². The summed E-state index contributed by atoms with van der Waals surface area (Å²) in [5.74, 6) is 0. The molecule has 0 heterocycles. The maximum Gasteiger partial charge on any atom is 0.0401 e. The number of nitrogens with zero attached hydrogens (tertiary/aromatic N) is 1. The van der Waals surface area contributed by atoms with Crippen LogP contribution in [-0.4, -0.2) is 13.1 Å². The summed E-state index contributed by atoms with van der Waals surface area (Å²) in [7, 11) is 0. The summed E-state index contributed by atoms with van der Waals surface area (Å²) in [6, 6.07) is 7.36. The number of hydrogen-bond donors (Lipinski definition) is 0. The van der Waals surface area contributed by atoms with Crippen molar-refractivity contribution in [1.29, 1.82) is 0 Å². The molecule has 0 aliphatic heterocycles. The molecule has 0 N–H and O–H groups in total. The third kappa shape index (κ3) is 18.9. The molecular weight excluding hydrogens is 470 g/mol. The van der Waals surface area contributed by atoms with Crippen molar-refractivity contribution in [2.45, 2.75) is 195 Å². The van der Waals surface area contributed by atoms with Gasteiger partial charge in [-0.15, -0.1) is 0 Å². The fourth-order valence-electron chi connectivity index (χ4n) is 6.14. The minimum atomic E-state index is 1.26. The van der Waals surface area contributed by atoms with E-state index in [9.17, 15) is 0 Å². The van der Waals surface area contributed by atoms with E-state index in [1.54, 1.807) is 16.8 Å². The molecule has 0 spiro atoms. The van der Waals surface area contributed by atoms with Crippen LogP contribution in [0.25, 0.3) is 0 Å². The third-order valence-electron chi connectivity index (χ3n) is 8.73. The van der Waals surface area contributed by atoms with E-state index in [4.69, 9.17) is 0 Å². The Balaban J connectivity index is 2.91. The normalized spacial score (nSPS) is 11.4. The van der Waals surface area contributed by atoms with Crippen LogP contribution in [0.15, 0.2) is 18.2 Å². The van der Waals surface area contributed by atoms with Gasteiger partial charge in [-0.25, -0.2) is 0 Å². The summed E-state index contributed by atoms with van der Waals surface area (Å²) < 4.78 is 0. The zero-order valence-electron chi connectivity index (χ0n) is 27.5. The van der Waals surface area contributed by atoms with E-state index in [1.807, 2.05) is 0 Å². The van der Waals surface area contributed by atoms with E-state index in [2.05, 4.69) is 50.8 Å². The van der Waals surface area contributed by atoms with E-state index < -0.39 is 0 Å². The molecule has 1 rings (SSSR count). The van der Waals surface area contributed by atoms with Crippen LogP contribution in [0, 0.1) is 0 Å². The maximum absolute atomic E-state index is 2.83. The standard InChI is InChI=1S/C38H71N/c1-5-9-13-17-21-25-30-36-31-29-33-38(37(36)32-26-22-18-14-10-6-2)39(34-27-23-19-15-11-7-3)35-28-24-20-16-12-8-4/h29,31,33H,5-28,30,32,34-35H2,1-4H3. The fraction of sp³-hybridized carbons (Fsp3) is 0.842. The van der Waals surface area contributed by atoms with Crippen molar-refractivity contribution in [3.63, 3.8) is 0 Å². The molecule has 1 heteroatoms. The summed E-state index contributed by atoms with van der Waals surface area (Å²) >= 11 is 0. The first-order chi connectivity index (χ1) is 19.3. The van der Waals surface area contributed by atoms with Gasteiger partial charge in [-0.2, -0.15) is 0 Å². The predicted octanol–water partition coefficient (Wildman–Crippen LogP) is 13.0. The molecule has 0 aliphatic carbocycles. The quantitative estimate of drug-likeness (QED) is 0.0911. The number of unbranched alkanes of at least 4 members (excludes halogenated alkanes) is 20. The Hall–Kier alpha value is -0.980. The van der Waals surface area contributed by atoms with Gasteiger partial charge in [0.1, 0.15) is 0 Å². The first-order valence-electron chi connectivity index (χ1n) is 18.1. The lowest BCUT2D eigenvalue weighted by Crippen LogP contribution is -2.27. The van der Waals surface area contributed by atoms with Crippen LogP contribution in [0.5, 0.6) is 0 Å². The highest BCUT2D eigenvalue weighted by molar-refractivity contribution is 5.57. The maximum atomic E-state index is 2.83. The average Bonchev–Trinajstić information content (AvgIpc) is 2.95. The van der Waals surface area contributed by atoms with Crippen LogP contribution in [0.1, 0.15) is 193 Å². The van der Waals surface area contributed by atoms with E-state index in [0.717, 1.165) is 0 Å². The van der Waals surface area contributed by atoms with Crippen LogP contribution >= 0.6 is 0 Å². The van der Waals surface area contributed by atoms with Crippen LogP contribution in [-0.2, 0) is 12.8 Å². The number of rotatable bonds is 29. The van der Waals surface area contributed by atoms with Crippen molar-refractivity contribution in [3.8, 4) is 0 Å². The van der Waals surface area contributed by atoms with Gasteiger partial charge in [0.05, 0.1) is 0 Å². The van der Waals surface area contributed by atoms with E-state index in [0.29, 0.717) is 0 Å². The van der Waals surface area contributed by atoms with Crippen molar-refractivity contribution in [2.75, 3.05) is 18.0 Å². The predicted molar refractivity (Wildman–Crippen MR) is 180 cm³/mol. The number of anilines is 1. The minimum Gasteiger partial charge on any atom is -0.371 e. The van der Waals surface area contributed by atoms with Crippen LogP contribution in [0.4, 0.5) is 5.69 Å². The molecule has 0 bridgehead atoms. The van der Waals surface area contributed by atoms with Gasteiger partial charge in [0.2, 0.25) is 0 Å². The Morgan fingerprint density at radius 2 is 0.795 bits per heavy atom. The van der Waals surface area contributed by atoms with Crippen LogP contribution in [0.3, 0.4) is 0 Å². The first-order valence-corrected chi connectivity index (χ1v) is 18.1. The van der Waals surface area contributed by atoms with Crippen molar-refractivity contribution < 1.29 is 0 Å². The second kappa shape index (κ2) is 27.2. The molecule has 1 nitrogen and oxygen atoms in total. The second-order valence-electron chi connectivity index (χ2n) is 12.5. The molecule has 0 saturated heterocycles. The third-order valence-corrected chi connectivity index (χ3v) is 8.73. The molecule has 0 fully saturated rings. The molecule has 0 saturated carbocycles. The van der Waals surface area contributed by atoms with Gasteiger partial charge in [0, 0.05) is 18.8 Å². The summed E-state index contributed by atoms with van der Waals surface area (Å²) in [6.45, 7) is 11.8. The van der Waals surface area contributed by atoms with Gasteiger partial charge >= 0.3 is 0 Å².